The maximum absolute atomic E-state index is 12.1. The fourth-order valence-electron chi connectivity index (χ4n) is 2.93. The average Bonchev–Trinajstić information content (AvgIpc) is 3.04. The second-order valence-corrected chi connectivity index (χ2v) is 6.85. The van der Waals surface area contributed by atoms with Crippen LogP contribution in [0.15, 0.2) is 41.0 Å². The van der Waals surface area contributed by atoms with Gasteiger partial charge in [0.15, 0.2) is 6.61 Å². The van der Waals surface area contributed by atoms with Crippen LogP contribution in [0.5, 0.6) is 5.75 Å². The molecule has 0 aliphatic carbocycles. The van der Waals surface area contributed by atoms with Gasteiger partial charge in [0.05, 0.1) is 30.5 Å². The summed E-state index contributed by atoms with van der Waals surface area (Å²) in [6, 6.07) is 9.01. The lowest BCUT2D eigenvalue weighted by atomic mass is 10.1. The Kier molecular flexibility index (Phi) is 5.90. The second kappa shape index (κ2) is 8.35. The van der Waals surface area contributed by atoms with Crippen molar-refractivity contribution in [2.45, 2.75) is 20.3 Å². The third kappa shape index (κ3) is 4.46. The van der Waals surface area contributed by atoms with E-state index in [4.69, 9.17) is 25.5 Å². The number of carbonyl (C=O) groups is 2. The van der Waals surface area contributed by atoms with E-state index in [2.05, 4.69) is 5.32 Å². The number of esters is 1. The molecule has 0 atom stereocenters. The predicted octanol–water partition coefficient (Wildman–Crippen LogP) is 4.44. The predicted molar refractivity (Wildman–Crippen MR) is 107 cm³/mol. The van der Waals surface area contributed by atoms with Crippen molar-refractivity contribution in [3.8, 4) is 5.75 Å². The Bertz CT molecular complexity index is 1020. The molecule has 6 nitrogen and oxygen atoms in total. The first-order chi connectivity index (χ1) is 13.4. The highest BCUT2D eigenvalue weighted by Crippen LogP contribution is 2.28. The summed E-state index contributed by atoms with van der Waals surface area (Å²) in [7, 11) is 1.57. The minimum Gasteiger partial charge on any atom is -0.497 e. The first-order valence-electron chi connectivity index (χ1n) is 8.63. The maximum atomic E-state index is 12.1. The average molecular weight is 402 g/mol. The molecule has 7 heteroatoms. The van der Waals surface area contributed by atoms with Crippen LogP contribution in [0, 0.1) is 13.8 Å². The second-order valence-electron chi connectivity index (χ2n) is 6.45. The smallest absolute Gasteiger partial charge is 0.310 e. The molecule has 1 amide bonds. The number of amides is 1. The molecule has 1 aromatic heterocycles. The van der Waals surface area contributed by atoms with E-state index in [1.54, 1.807) is 25.3 Å². The Hall–Kier alpha value is -2.99. The Morgan fingerprint density at radius 3 is 2.68 bits per heavy atom. The number of anilines is 1. The van der Waals surface area contributed by atoms with Crippen LogP contribution in [-0.2, 0) is 20.7 Å². The molecule has 1 N–H and O–H groups in total. The third-order valence-corrected chi connectivity index (χ3v) is 4.56. The van der Waals surface area contributed by atoms with Crippen molar-refractivity contribution in [1.82, 2.24) is 0 Å². The summed E-state index contributed by atoms with van der Waals surface area (Å²) in [6.45, 7) is 3.37. The molecular weight excluding hydrogens is 382 g/mol. The van der Waals surface area contributed by atoms with Crippen molar-refractivity contribution in [2.75, 3.05) is 19.0 Å². The molecule has 0 aliphatic rings. The Morgan fingerprint density at radius 2 is 1.96 bits per heavy atom. The number of methoxy groups -OCH3 is 1. The zero-order chi connectivity index (χ0) is 20.3. The van der Waals surface area contributed by atoms with E-state index in [-0.39, 0.29) is 6.42 Å². The van der Waals surface area contributed by atoms with E-state index >= 15 is 0 Å². The summed E-state index contributed by atoms with van der Waals surface area (Å²) in [5, 5.41) is 3.92. The number of nitrogens with one attached hydrogen (secondary N) is 1. The number of rotatable bonds is 6. The van der Waals surface area contributed by atoms with E-state index in [9.17, 15) is 9.59 Å². The molecule has 0 aliphatic heterocycles. The zero-order valence-corrected chi connectivity index (χ0v) is 16.6. The summed E-state index contributed by atoms with van der Waals surface area (Å²) in [5.74, 6) is -0.318. The van der Waals surface area contributed by atoms with Crippen LogP contribution >= 0.6 is 11.6 Å². The van der Waals surface area contributed by atoms with Gasteiger partial charge in [-0.15, -0.1) is 0 Å². The van der Waals surface area contributed by atoms with Gasteiger partial charge in [-0.05, 0) is 43.2 Å². The number of hydrogen-bond acceptors (Lipinski definition) is 5. The molecule has 28 heavy (non-hydrogen) atoms. The van der Waals surface area contributed by atoms with E-state index < -0.39 is 18.5 Å². The molecular formula is C21H20ClNO5. The maximum Gasteiger partial charge on any atom is 0.310 e. The van der Waals surface area contributed by atoms with Crippen LogP contribution < -0.4 is 10.1 Å². The van der Waals surface area contributed by atoms with Gasteiger partial charge in [0.2, 0.25) is 0 Å². The molecule has 0 saturated carbocycles. The highest BCUT2D eigenvalue weighted by molar-refractivity contribution is 6.34. The minimum atomic E-state index is -0.527. The molecule has 1 heterocycles. The van der Waals surface area contributed by atoms with Gasteiger partial charge < -0.3 is 19.2 Å². The van der Waals surface area contributed by atoms with Gasteiger partial charge in [-0.25, -0.2) is 0 Å². The van der Waals surface area contributed by atoms with Crippen LogP contribution in [0.4, 0.5) is 5.69 Å². The number of carbonyl (C=O) groups excluding carboxylic acids is 2. The number of ether oxygens (including phenoxy) is 2. The Balaban J connectivity index is 1.58. The molecule has 0 radical (unpaired) electrons. The molecule has 2 aromatic carbocycles. The zero-order valence-electron chi connectivity index (χ0n) is 15.8. The van der Waals surface area contributed by atoms with Crippen molar-refractivity contribution in [1.29, 1.82) is 0 Å². The normalized spacial score (nSPS) is 10.7. The summed E-state index contributed by atoms with van der Waals surface area (Å²) < 4.78 is 15.7. The highest BCUT2D eigenvalue weighted by atomic mass is 35.5. The molecule has 0 unspecified atom stereocenters. The minimum absolute atomic E-state index is 0.00305. The summed E-state index contributed by atoms with van der Waals surface area (Å²) in [5.41, 5.74) is 3.65. The summed E-state index contributed by atoms with van der Waals surface area (Å²) in [4.78, 5) is 24.2. The Labute approximate surface area is 167 Å². The van der Waals surface area contributed by atoms with Gasteiger partial charge in [0, 0.05) is 17.0 Å². The van der Waals surface area contributed by atoms with Crippen LogP contribution in [0.1, 0.15) is 16.7 Å². The number of benzene rings is 2. The van der Waals surface area contributed by atoms with E-state index in [1.165, 1.54) is 6.26 Å². The van der Waals surface area contributed by atoms with Gasteiger partial charge in [0.1, 0.15) is 11.3 Å². The molecule has 0 saturated heterocycles. The van der Waals surface area contributed by atoms with Crippen molar-refractivity contribution >= 4 is 40.1 Å². The molecule has 0 fully saturated rings. The number of hydrogen-bond donors (Lipinski definition) is 1. The van der Waals surface area contributed by atoms with Gasteiger partial charge in [0.25, 0.3) is 5.91 Å². The first kappa shape index (κ1) is 19.8. The van der Waals surface area contributed by atoms with Crippen molar-refractivity contribution in [3.05, 3.63) is 58.3 Å². The molecule has 3 aromatic rings. The van der Waals surface area contributed by atoms with E-state index in [1.807, 2.05) is 26.0 Å². The number of fused-ring (bicyclic) bond motifs is 1. The molecule has 3 rings (SSSR count). The van der Waals surface area contributed by atoms with Crippen LogP contribution in [-0.4, -0.2) is 25.6 Å². The number of aryl methyl sites for hydroxylation is 2. The number of halogens is 1. The standard InChI is InChI=1S/C21H20ClNO5/c1-12-6-13(2)21(17(22)7-12)23-19(24)11-28-20(25)8-14-10-27-18-9-15(26-3)4-5-16(14)18/h4-7,9-10H,8,11H2,1-3H3,(H,23,24). The topological polar surface area (TPSA) is 77.8 Å². The number of furan rings is 1. The van der Waals surface area contributed by atoms with Crippen molar-refractivity contribution in [2.24, 2.45) is 0 Å². The van der Waals surface area contributed by atoms with E-state index in [0.29, 0.717) is 27.6 Å². The third-order valence-electron chi connectivity index (χ3n) is 4.26. The molecule has 146 valence electrons. The van der Waals surface area contributed by atoms with Crippen molar-refractivity contribution in [3.63, 3.8) is 0 Å². The van der Waals surface area contributed by atoms with Gasteiger partial charge >= 0.3 is 5.97 Å². The first-order valence-corrected chi connectivity index (χ1v) is 9.01. The van der Waals surface area contributed by atoms with Crippen LogP contribution in [0.3, 0.4) is 0 Å². The lowest BCUT2D eigenvalue weighted by molar-refractivity contribution is -0.146. The van der Waals surface area contributed by atoms with Gasteiger partial charge in [-0.3, -0.25) is 9.59 Å². The lowest BCUT2D eigenvalue weighted by Crippen LogP contribution is -2.22. The van der Waals surface area contributed by atoms with Gasteiger partial charge in [-0.1, -0.05) is 17.7 Å². The highest BCUT2D eigenvalue weighted by Gasteiger charge is 2.15. The van der Waals surface area contributed by atoms with E-state index in [0.717, 1.165) is 16.5 Å². The quantitative estimate of drug-likeness (QED) is 0.618. The fourth-order valence-corrected chi connectivity index (χ4v) is 3.30. The van der Waals surface area contributed by atoms with Gasteiger partial charge in [-0.2, -0.15) is 0 Å². The largest absolute Gasteiger partial charge is 0.497 e. The molecule has 0 bridgehead atoms. The molecule has 0 spiro atoms. The van der Waals surface area contributed by atoms with Crippen molar-refractivity contribution < 1.29 is 23.5 Å². The van der Waals surface area contributed by atoms with Crippen LogP contribution in [0.25, 0.3) is 11.0 Å². The SMILES string of the molecule is COc1ccc2c(CC(=O)OCC(=O)Nc3c(C)cc(C)cc3Cl)coc2c1. The monoisotopic (exact) mass is 401 g/mol. The lowest BCUT2D eigenvalue weighted by Gasteiger charge is -2.11. The van der Waals surface area contributed by atoms with Crippen LogP contribution in [0.2, 0.25) is 5.02 Å². The Morgan fingerprint density at radius 1 is 1.18 bits per heavy atom. The summed E-state index contributed by atoms with van der Waals surface area (Å²) >= 11 is 6.17. The summed E-state index contributed by atoms with van der Waals surface area (Å²) in [6.07, 6.45) is 1.50. The fraction of sp³-hybridized carbons (Fsp3) is 0.238.